The summed E-state index contributed by atoms with van der Waals surface area (Å²) >= 11 is 5.47. The molecule has 6 heteroatoms. The number of nitrogen functional groups attached to an aromatic ring is 1. The molecule has 3 N–H and O–H groups in total. The zero-order valence-electron chi connectivity index (χ0n) is 8.61. The first-order valence-corrected chi connectivity index (χ1v) is 6.57. The standard InChI is InChI=1S/C10H13ClN2O2S/c1-8(11)6-13-16(14,15)7-9-2-4-10(12)5-3-9/h2-5,13H,1,6-7,12H2. The first kappa shape index (κ1) is 13.0. The summed E-state index contributed by atoms with van der Waals surface area (Å²) in [5, 5.41) is 0.251. The van der Waals surface area contributed by atoms with Gasteiger partial charge in [0.25, 0.3) is 0 Å². The van der Waals surface area contributed by atoms with E-state index in [0.717, 1.165) is 0 Å². The Morgan fingerprint density at radius 2 is 1.94 bits per heavy atom. The first-order valence-electron chi connectivity index (χ1n) is 4.54. The van der Waals surface area contributed by atoms with Gasteiger partial charge in [-0.05, 0) is 17.7 Å². The molecule has 0 aromatic heterocycles. The molecule has 0 fully saturated rings. The van der Waals surface area contributed by atoms with Crippen molar-refractivity contribution in [2.75, 3.05) is 12.3 Å². The lowest BCUT2D eigenvalue weighted by molar-refractivity contribution is 0.584. The molecule has 0 aliphatic rings. The predicted molar refractivity (Wildman–Crippen MR) is 66.5 cm³/mol. The molecule has 0 aliphatic heterocycles. The lowest BCUT2D eigenvalue weighted by Crippen LogP contribution is -2.26. The largest absolute Gasteiger partial charge is 0.399 e. The van der Waals surface area contributed by atoms with Gasteiger partial charge in [0.1, 0.15) is 0 Å². The normalized spacial score (nSPS) is 11.3. The summed E-state index contributed by atoms with van der Waals surface area (Å²) in [5.41, 5.74) is 6.76. The molecule has 1 rings (SSSR count). The van der Waals surface area contributed by atoms with Gasteiger partial charge in [-0.3, -0.25) is 0 Å². The highest BCUT2D eigenvalue weighted by Crippen LogP contribution is 2.08. The lowest BCUT2D eigenvalue weighted by atomic mass is 10.2. The Kier molecular flexibility index (Phi) is 4.35. The molecule has 0 bridgehead atoms. The SMILES string of the molecule is C=C(Cl)CNS(=O)(=O)Cc1ccc(N)cc1. The molecule has 0 atom stereocenters. The van der Waals surface area contributed by atoms with Crippen LogP contribution in [0.2, 0.25) is 0 Å². The predicted octanol–water partition coefficient (Wildman–Crippen LogP) is 1.44. The zero-order chi connectivity index (χ0) is 12.2. The van der Waals surface area contributed by atoms with E-state index in [-0.39, 0.29) is 17.3 Å². The number of rotatable bonds is 5. The van der Waals surface area contributed by atoms with E-state index in [2.05, 4.69) is 11.3 Å². The summed E-state index contributed by atoms with van der Waals surface area (Å²) in [6, 6.07) is 6.66. The van der Waals surface area contributed by atoms with Crippen LogP contribution in [0.15, 0.2) is 35.9 Å². The van der Waals surface area contributed by atoms with E-state index in [1.807, 2.05) is 0 Å². The fourth-order valence-corrected chi connectivity index (χ4v) is 2.35. The highest BCUT2D eigenvalue weighted by molar-refractivity contribution is 7.88. The smallest absolute Gasteiger partial charge is 0.216 e. The molecule has 16 heavy (non-hydrogen) atoms. The number of halogens is 1. The minimum absolute atomic E-state index is 0.0405. The molecule has 0 heterocycles. The molecule has 0 unspecified atom stereocenters. The molecule has 4 nitrogen and oxygen atoms in total. The van der Waals surface area contributed by atoms with Gasteiger partial charge >= 0.3 is 0 Å². The van der Waals surface area contributed by atoms with Crippen LogP contribution in [0.3, 0.4) is 0 Å². The van der Waals surface area contributed by atoms with E-state index in [1.165, 1.54) is 0 Å². The van der Waals surface area contributed by atoms with Crippen molar-refractivity contribution in [3.63, 3.8) is 0 Å². The molecule has 0 saturated carbocycles. The van der Waals surface area contributed by atoms with Crippen LogP contribution in [-0.2, 0) is 15.8 Å². The highest BCUT2D eigenvalue weighted by Gasteiger charge is 2.10. The second-order valence-electron chi connectivity index (χ2n) is 3.34. The topological polar surface area (TPSA) is 72.2 Å². The zero-order valence-corrected chi connectivity index (χ0v) is 10.2. The van der Waals surface area contributed by atoms with Crippen LogP contribution < -0.4 is 10.5 Å². The second kappa shape index (κ2) is 5.34. The Balaban J connectivity index is 2.65. The lowest BCUT2D eigenvalue weighted by Gasteiger charge is -2.05. The van der Waals surface area contributed by atoms with Gasteiger partial charge in [0.2, 0.25) is 10.0 Å². The van der Waals surface area contributed by atoms with E-state index in [4.69, 9.17) is 17.3 Å². The van der Waals surface area contributed by atoms with Gasteiger partial charge in [-0.25, -0.2) is 13.1 Å². The van der Waals surface area contributed by atoms with E-state index < -0.39 is 10.0 Å². The number of nitrogens with two attached hydrogens (primary N) is 1. The Morgan fingerprint density at radius 3 is 2.44 bits per heavy atom. The van der Waals surface area contributed by atoms with Crippen LogP contribution in [0.1, 0.15) is 5.56 Å². The van der Waals surface area contributed by atoms with Crippen LogP contribution in [0.25, 0.3) is 0 Å². The number of benzene rings is 1. The summed E-state index contributed by atoms with van der Waals surface area (Å²) in [5.74, 6) is -0.0998. The van der Waals surface area contributed by atoms with Crippen molar-refractivity contribution in [1.82, 2.24) is 4.72 Å². The van der Waals surface area contributed by atoms with E-state index in [0.29, 0.717) is 11.3 Å². The van der Waals surface area contributed by atoms with Crippen molar-refractivity contribution in [3.8, 4) is 0 Å². The molecular formula is C10H13ClN2O2S. The average Bonchev–Trinajstić information content (AvgIpc) is 2.19. The summed E-state index contributed by atoms with van der Waals surface area (Å²) < 4.78 is 25.4. The van der Waals surface area contributed by atoms with Crippen LogP contribution in [0.4, 0.5) is 5.69 Å². The molecule has 1 aromatic rings. The van der Waals surface area contributed by atoms with Gasteiger partial charge in [0.15, 0.2) is 0 Å². The molecule has 88 valence electrons. The fourth-order valence-electron chi connectivity index (χ4n) is 1.07. The molecule has 0 aliphatic carbocycles. The molecule has 1 aromatic carbocycles. The van der Waals surface area contributed by atoms with E-state index in [9.17, 15) is 8.42 Å². The van der Waals surface area contributed by atoms with Crippen molar-refractivity contribution in [3.05, 3.63) is 41.4 Å². The minimum Gasteiger partial charge on any atom is -0.399 e. The fraction of sp³-hybridized carbons (Fsp3) is 0.200. The molecular weight excluding hydrogens is 248 g/mol. The Hall–Kier alpha value is -1.04. The minimum atomic E-state index is -3.38. The van der Waals surface area contributed by atoms with Crippen molar-refractivity contribution < 1.29 is 8.42 Å². The first-order chi connectivity index (χ1) is 7.39. The van der Waals surface area contributed by atoms with Crippen molar-refractivity contribution in [2.24, 2.45) is 0 Å². The highest BCUT2D eigenvalue weighted by atomic mass is 35.5. The second-order valence-corrected chi connectivity index (χ2v) is 5.68. The van der Waals surface area contributed by atoms with Crippen LogP contribution >= 0.6 is 11.6 Å². The van der Waals surface area contributed by atoms with Gasteiger partial charge in [0, 0.05) is 17.3 Å². The Bertz CT molecular complexity index is 468. The van der Waals surface area contributed by atoms with Crippen LogP contribution in [-0.4, -0.2) is 15.0 Å². The monoisotopic (exact) mass is 260 g/mol. The van der Waals surface area contributed by atoms with Crippen molar-refractivity contribution in [2.45, 2.75) is 5.75 Å². The summed E-state index contributed by atoms with van der Waals surface area (Å²) in [7, 11) is -3.38. The molecule has 0 spiro atoms. The van der Waals surface area contributed by atoms with Crippen LogP contribution in [0, 0.1) is 0 Å². The summed E-state index contributed by atoms with van der Waals surface area (Å²) in [4.78, 5) is 0. The third kappa shape index (κ3) is 4.65. The Labute approximate surface area is 100 Å². The van der Waals surface area contributed by atoms with Crippen molar-refractivity contribution in [1.29, 1.82) is 0 Å². The summed E-state index contributed by atoms with van der Waals surface area (Å²) in [6.45, 7) is 3.44. The average molecular weight is 261 g/mol. The van der Waals surface area contributed by atoms with Crippen LogP contribution in [0.5, 0.6) is 0 Å². The van der Waals surface area contributed by atoms with Gasteiger partial charge < -0.3 is 5.73 Å². The maximum Gasteiger partial charge on any atom is 0.216 e. The number of hydrogen-bond acceptors (Lipinski definition) is 3. The molecule has 0 saturated heterocycles. The van der Waals surface area contributed by atoms with Crippen molar-refractivity contribution >= 4 is 27.3 Å². The van der Waals surface area contributed by atoms with E-state index in [1.54, 1.807) is 24.3 Å². The van der Waals surface area contributed by atoms with E-state index >= 15 is 0 Å². The number of sulfonamides is 1. The quantitative estimate of drug-likeness (QED) is 0.787. The number of anilines is 1. The maximum absolute atomic E-state index is 11.5. The third-order valence-electron chi connectivity index (χ3n) is 1.82. The van der Waals surface area contributed by atoms with Gasteiger partial charge in [-0.1, -0.05) is 30.3 Å². The van der Waals surface area contributed by atoms with Gasteiger partial charge in [0.05, 0.1) is 5.75 Å². The number of hydrogen-bond donors (Lipinski definition) is 2. The summed E-state index contributed by atoms with van der Waals surface area (Å²) in [6.07, 6.45) is 0. The molecule has 0 radical (unpaired) electrons. The molecule has 0 amide bonds. The van der Waals surface area contributed by atoms with Gasteiger partial charge in [-0.2, -0.15) is 0 Å². The third-order valence-corrected chi connectivity index (χ3v) is 3.25. The maximum atomic E-state index is 11.5. The Morgan fingerprint density at radius 1 is 1.38 bits per heavy atom. The van der Waals surface area contributed by atoms with Gasteiger partial charge in [-0.15, -0.1) is 0 Å². The number of nitrogens with one attached hydrogen (secondary N) is 1.